The van der Waals surface area contributed by atoms with Crippen LogP contribution in [0.3, 0.4) is 0 Å². The quantitative estimate of drug-likeness (QED) is 0.582. The summed E-state index contributed by atoms with van der Waals surface area (Å²) in [4.78, 5) is 10.8. The molecule has 1 unspecified atom stereocenters. The lowest BCUT2D eigenvalue weighted by Gasteiger charge is -2.22. The molecule has 13 heavy (non-hydrogen) atoms. The molecule has 0 saturated heterocycles. The number of carbonyl (C=O) groups is 1. The van der Waals surface area contributed by atoms with Gasteiger partial charge >= 0.3 is 5.97 Å². The smallest absolute Gasteiger partial charge is 0.310 e. The first-order valence-electron chi connectivity index (χ1n) is 4.58. The van der Waals surface area contributed by atoms with Gasteiger partial charge in [-0.1, -0.05) is 6.92 Å². The highest BCUT2D eigenvalue weighted by Crippen LogP contribution is 2.19. The van der Waals surface area contributed by atoms with Crippen molar-refractivity contribution in [3.8, 4) is 0 Å². The summed E-state index contributed by atoms with van der Waals surface area (Å²) < 4.78 is 5.21. The lowest BCUT2D eigenvalue weighted by atomic mass is 9.87. The Morgan fingerprint density at radius 2 is 2.15 bits per heavy atom. The number of hydrogen-bond acceptors (Lipinski definition) is 3. The Kier molecular flexibility index (Phi) is 5.66. The second kappa shape index (κ2) is 5.94. The minimum atomic E-state index is -0.852. The SMILES string of the molecule is CCCOCCC(C)(CN)C(=O)O. The highest BCUT2D eigenvalue weighted by Gasteiger charge is 2.30. The average molecular weight is 189 g/mol. The third-order valence-corrected chi connectivity index (χ3v) is 2.11. The van der Waals surface area contributed by atoms with Gasteiger partial charge in [-0.3, -0.25) is 4.79 Å². The molecule has 0 aromatic carbocycles. The van der Waals surface area contributed by atoms with Crippen molar-refractivity contribution in [3.63, 3.8) is 0 Å². The Balaban J connectivity index is 3.78. The first-order chi connectivity index (χ1) is 6.06. The monoisotopic (exact) mass is 189 g/mol. The summed E-state index contributed by atoms with van der Waals surface area (Å²) in [6, 6.07) is 0. The van der Waals surface area contributed by atoms with Gasteiger partial charge in [0.1, 0.15) is 0 Å². The maximum absolute atomic E-state index is 10.8. The number of carboxylic acid groups (broad SMARTS) is 1. The van der Waals surface area contributed by atoms with Crippen molar-refractivity contribution in [2.75, 3.05) is 19.8 Å². The van der Waals surface area contributed by atoms with Crippen LogP contribution in [0.2, 0.25) is 0 Å². The summed E-state index contributed by atoms with van der Waals surface area (Å²) in [7, 11) is 0. The number of carboxylic acids is 1. The molecular weight excluding hydrogens is 170 g/mol. The van der Waals surface area contributed by atoms with E-state index in [-0.39, 0.29) is 6.54 Å². The second-order valence-corrected chi connectivity index (χ2v) is 3.43. The van der Waals surface area contributed by atoms with Crippen LogP contribution in [0.1, 0.15) is 26.7 Å². The van der Waals surface area contributed by atoms with Crippen LogP contribution < -0.4 is 5.73 Å². The zero-order valence-electron chi connectivity index (χ0n) is 8.38. The lowest BCUT2D eigenvalue weighted by Crippen LogP contribution is -2.36. The van der Waals surface area contributed by atoms with Gasteiger partial charge in [-0.25, -0.2) is 0 Å². The Morgan fingerprint density at radius 3 is 2.54 bits per heavy atom. The summed E-state index contributed by atoms with van der Waals surface area (Å²) in [6.45, 7) is 4.95. The summed E-state index contributed by atoms with van der Waals surface area (Å²) in [6.07, 6.45) is 1.42. The number of ether oxygens (including phenoxy) is 1. The van der Waals surface area contributed by atoms with Gasteiger partial charge < -0.3 is 15.6 Å². The summed E-state index contributed by atoms with van der Waals surface area (Å²) in [5, 5.41) is 8.85. The first-order valence-corrected chi connectivity index (χ1v) is 4.58. The standard InChI is InChI=1S/C9H19NO3/c1-3-5-13-6-4-9(2,7-10)8(11)12/h3-7,10H2,1-2H3,(H,11,12). The van der Waals surface area contributed by atoms with E-state index >= 15 is 0 Å². The van der Waals surface area contributed by atoms with Crippen LogP contribution in [0.15, 0.2) is 0 Å². The minimum Gasteiger partial charge on any atom is -0.481 e. The Hall–Kier alpha value is -0.610. The van der Waals surface area contributed by atoms with Crippen molar-refractivity contribution in [2.24, 2.45) is 11.1 Å². The molecule has 3 N–H and O–H groups in total. The molecule has 0 fully saturated rings. The fourth-order valence-corrected chi connectivity index (χ4v) is 0.840. The largest absolute Gasteiger partial charge is 0.481 e. The van der Waals surface area contributed by atoms with Crippen LogP contribution in [0.25, 0.3) is 0 Å². The van der Waals surface area contributed by atoms with Gasteiger partial charge in [0.25, 0.3) is 0 Å². The highest BCUT2D eigenvalue weighted by atomic mass is 16.5. The fraction of sp³-hybridized carbons (Fsp3) is 0.889. The van der Waals surface area contributed by atoms with E-state index in [4.69, 9.17) is 15.6 Å². The van der Waals surface area contributed by atoms with Crippen molar-refractivity contribution in [1.82, 2.24) is 0 Å². The third kappa shape index (κ3) is 4.24. The molecule has 0 aliphatic carbocycles. The molecule has 0 heterocycles. The Bertz CT molecular complexity index is 161. The molecule has 0 saturated carbocycles. The fourth-order valence-electron chi connectivity index (χ4n) is 0.840. The van der Waals surface area contributed by atoms with E-state index in [2.05, 4.69) is 0 Å². The molecule has 78 valence electrons. The average Bonchev–Trinajstić information content (AvgIpc) is 2.12. The highest BCUT2D eigenvalue weighted by molar-refractivity contribution is 5.74. The van der Waals surface area contributed by atoms with Crippen LogP contribution in [-0.4, -0.2) is 30.8 Å². The lowest BCUT2D eigenvalue weighted by molar-refractivity contribution is -0.148. The maximum atomic E-state index is 10.8. The zero-order chi connectivity index (χ0) is 10.3. The summed E-state index contributed by atoms with van der Waals surface area (Å²) in [5.41, 5.74) is 4.55. The molecular formula is C9H19NO3. The van der Waals surface area contributed by atoms with E-state index in [9.17, 15) is 4.79 Å². The van der Waals surface area contributed by atoms with E-state index < -0.39 is 11.4 Å². The van der Waals surface area contributed by atoms with E-state index in [1.807, 2.05) is 6.92 Å². The molecule has 4 nitrogen and oxygen atoms in total. The van der Waals surface area contributed by atoms with Gasteiger partial charge in [-0.05, 0) is 19.8 Å². The Morgan fingerprint density at radius 1 is 1.54 bits per heavy atom. The number of aliphatic carboxylic acids is 1. The van der Waals surface area contributed by atoms with Gasteiger partial charge in [0, 0.05) is 19.8 Å². The van der Waals surface area contributed by atoms with Crippen molar-refractivity contribution < 1.29 is 14.6 Å². The van der Waals surface area contributed by atoms with E-state index in [0.717, 1.165) is 6.42 Å². The minimum absolute atomic E-state index is 0.151. The number of rotatable bonds is 7. The van der Waals surface area contributed by atoms with Gasteiger partial charge in [-0.2, -0.15) is 0 Å². The third-order valence-electron chi connectivity index (χ3n) is 2.11. The van der Waals surface area contributed by atoms with Crippen LogP contribution in [-0.2, 0) is 9.53 Å². The van der Waals surface area contributed by atoms with Crippen LogP contribution in [0.4, 0.5) is 0 Å². The second-order valence-electron chi connectivity index (χ2n) is 3.43. The molecule has 0 rings (SSSR count). The molecule has 1 atom stereocenters. The van der Waals surface area contributed by atoms with Crippen molar-refractivity contribution in [3.05, 3.63) is 0 Å². The Labute approximate surface area is 79.1 Å². The molecule has 0 aliphatic heterocycles. The van der Waals surface area contributed by atoms with Gasteiger partial charge in [0.2, 0.25) is 0 Å². The maximum Gasteiger partial charge on any atom is 0.310 e. The van der Waals surface area contributed by atoms with Gasteiger partial charge in [-0.15, -0.1) is 0 Å². The van der Waals surface area contributed by atoms with Gasteiger partial charge in [0.15, 0.2) is 0 Å². The van der Waals surface area contributed by atoms with Crippen molar-refractivity contribution in [2.45, 2.75) is 26.7 Å². The molecule has 0 aromatic rings. The zero-order valence-corrected chi connectivity index (χ0v) is 8.38. The first kappa shape index (κ1) is 12.4. The van der Waals surface area contributed by atoms with Crippen LogP contribution in [0, 0.1) is 5.41 Å². The van der Waals surface area contributed by atoms with Gasteiger partial charge in [0.05, 0.1) is 5.41 Å². The number of hydrogen-bond donors (Lipinski definition) is 2. The van der Waals surface area contributed by atoms with E-state index in [0.29, 0.717) is 19.6 Å². The van der Waals surface area contributed by atoms with Crippen LogP contribution in [0.5, 0.6) is 0 Å². The summed E-state index contributed by atoms with van der Waals surface area (Å²) >= 11 is 0. The van der Waals surface area contributed by atoms with Crippen molar-refractivity contribution in [1.29, 1.82) is 0 Å². The van der Waals surface area contributed by atoms with Crippen molar-refractivity contribution >= 4 is 5.97 Å². The van der Waals surface area contributed by atoms with Crippen LogP contribution >= 0.6 is 0 Å². The van der Waals surface area contributed by atoms with E-state index in [1.54, 1.807) is 6.92 Å². The summed E-state index contributed by atoms with van der Waals surface area (Å²) in [5.74, 6) is -0.852. The molecule has 0 bridgehead atoms. The molecule has 0 aliphatic rings. The topological polar surface area (TPSA) is 72.5 Å². The van der Waals surface area contributed by atoms with E-state index in [1.165, 1.54) is 0 Å². The predicted octanol–water partition coefficient (Wildman–Crippen LogP) is 0.853. The molecule has 0 radical (unpaired) electrons. The predicted molar refractivity (Wildman–Crippen MR) is 50.5 cm³/mol. The molecule has 0 amide bonds. The number of nitrogens with two attached hydrogens (primary N) is 1. The molecule has 0 aromatic heterocycles. The normalized spacial score (nSPS) is 15.3. The molecule has 0 spiro atoms. The molecule has 4 heteroatoms.